The number of rotatable bonds is 6. The maximum Gasteiger partial charge on any atom is 0.193 e. The van der Waals surface area contributed by atoms with Crippen LogP contribution in [0.1, 0.15) is 38.3 Å². The van der Waals surface area contributed by atoms with Crippen molar-refractivity contribution in [1.82, 2.24) is 0 Å². The highest BCUT2D eigenvalue weighted by atomic mass is 16.1. The number of benzene rings is 3. The van der Waals surface area contributed by atoms with E-state index in [1.807, 2.05) is 84.9 Å². The summed E-state index contributed by atoms with van der Waals surface area (Å²) in [5, 5.41) is 0. The van der Waals surface area contributed by atoms with E-state index in [-0.39, 0.29) is 11.6 Å². The number of hydrogen-bond donors (Lipinski definition) is 0. The van der Waals surface area contributed by atoms with Crippen LogP contribution in [0.25, 0.3) is 0 Å². The van der Waals surface area contributed by atoms with Gasteiger partial charge in [0.25, 0.3) is 0 Å². The second-order valence-corrected chi connectivity index (χ2v) is 5.68. The summed E-state index contributed by atoms with van der Waals surface area (Å²) in [5.74, 6) is 0.155. The van der Waals surface area contributed by atoms with Crippen LogP contribution in [0.15, 0.2) is 84.9 Å². The van der Waals surface area contributed by atoms with Gasteiger partial charge < -0.3 is 0 Å². The molecule has 2 nitrogen and oxygen atoms in total. The third-order valence-corrected chi connectivity index (χ3v) is 3.99. The van der Waals surface area contributed by atoms with Crippen LogP contribution in [0.5, 0.6) is 0 Å². The average molecular weight is 314 g/mol. The smallest absolute Gasteiger partial charge is 0.193 e. The van der Waals surface area contributed by atoms with E-state index in [4.69, 9.17) is 0 Å². The molecule has 0 aliphatic rings. The van der Waals surface area contributed by atoms with Gasteiger partial charge in [0, 0.05) is 23.1 Å². The SMILES string of the molecule is O=C(CCc1ccc(C(=O)c2ccccc2)cc1)c1ccccc1. The zero-order valence-corrected chi connectivity index (χ0v) is 13.3. The first-order valence-corrected chi connectivity index (χ1v) is 8.01. The first-order chi connectivity index (χ1) is 11.7. The Morgan fingerprint density at radius 3 is 1.67 bits per heavy atom. The molecule has 0 aromatic heterocycles. The number of Topliss-reactive ketones (excluding diaryl/α,β-unsaturated/α-hetero) is 1. The maximum absolute atomic E-state index is 12.4. The van der Waals surface area contributed by atoms with Crippen molar-refractivity contribution in [3.63, 3.8) is 0 Å². The molecule has 0 saturated heterocycles. The summed E-state index contributed by atoms with van der Waals surface area (Å²) in [6.45, 7) is 0. The molecule has 3 aromatic carbocycles. The highest BCUT2D eigenvalue weighted by Gasteiger charge is 2.09. The van der Waals surface area contributed by atoms with Gasteiger partial charge in [-0.1, -0.05) is 84.9 Å². The highest BCUT2D eigenvalue weighted by molar-refractivity contribution is 6.08. The molecule has 0 aliphatic heterocycles. The number of ketones is 2. The normalized spacial score (nSPS) is 10.3. The Labute approximate surface area is 141 Å². The monoisotopic (exact) mass is 314 g/mol. The van der Waals surface area contributed by atoms with Crippen molar-refractivity contribution in [2.75, 3.05) is 0 Å². The minimum Gasteiger partial charge on any atom is -0.294 e. The Morgan fingerprint density at radius 2 is 1.08 bits per heavy atom. The number of carbonyl (C=O) groups is 2. The van der Waals surface area contributed by atoms with Gasteiger partial charge in [-0.3, -0.25) is 9.59 Å². The lowest BCUT2D eigenvalue weighted by molar-refractivity contribution is 0.0981. The van der Waals surface area contributed by atoms with Crippen molar-refractivity contribution in [3.8, 4) is 0 Å². The van der Waals surface area contributed by atoms with Crippen LogP contribution in [0.2, 0.25) is 0 Å². The van der Waals surface area contributed by atoms with Gasteiger partial charge in [0.15, 0.2) is 11.6 Å². The fourth-order valence-electron chi connectivity index (χ4n) is 2.61. The van der Waals surface area contributed by atoms with Gasteiger partial charge in [-0.05, 0) is 12.0 Å². The molecule has 0 fully saturated rings. The van der Waals surface area contributed by atoms with Gasteiger partial charge in [0.2, 0.25) is 0 Å². The molecule has 0 unspecified atom stereocenters. The summed E-state index contributed by atoms with van der Waals surface area (Å²) in [7, 11) is 0. The lowest BCUT2D eigenvalue weighted by atomic mass is 9.99. The van der Waals surface area contributed by atoms with Crippen LogP contribution in [-0.2, 0) is 6.42 Å². The summed E-state index contributed by atoms with van der Waals surface area (Å²) >= 11 is 0. The van der Waals surface area contributed by atoms with Gasteiger partial charge in [-0.15, -0.1) is 0 Å². The quantitative estimate of drug-likeness (QED) is 0.616. The number of aryl methyl sites for hydroxylation is 1. The van der Waals surface area contributed by atoms with Crippen LogP contribution in [-0.4, -0.2) is 11.6 Å². The maximum atomic E-state index is 12.4. The molecular formula is C22H18O2. The first kappa shape index (κ1) is 15.9. The van der Waals surface area contributed by atoms with Gasteiger partial charge in [-0.2, -0.15) is 0 Å². The van der Waals surface area contributed by atoms with Gasteiger partial charge in [0.1, 0.15) is 0 Å². The van der Waals surface area contributed by atoms with E-state index < -0.39 is 0 Å². The molecule has 0 bridgehead atoms. The van der Waals surface area contributed by atoms with E-state index in [9.17, 15) is 9.59 Å². The molecule has 0 radical (unpaired) electrons. The fraction of sp³-hybridized carbons (Fsp3) is 0.0909. The fourth-order valence-corrected chi connectivity index (χ4v) is 2.61. The molecular weight excluding hydrogens is 296 g/mol. The van der Waals surface area contributed by atoms with Crippen LogP contribution in [0.4, 0.5) is 0 Å². The second-order valence-electron chi connectivity index (χ2n) is 5.68. The van der Waals surface area contributed by atoms with Crippen LogP contribution >= 0.6 is 0 Å². The van der Waals surface area contributed by atoms with Crippen molar-refractivity contribution < 1.29 is 9.59 Å². The molecule has 0 heterocycles. The summed E-state index contributed by atoms with van der Waals surface area (Å²) in [6, 6.07) is 26.1. The predicted molar refractivity (Wildman–Crippen MR) is 95.4 cm³/mol. The average Bonchev–Trinajstić information content (AvgIpc) is 2.67. The molecule has 0 atom stereocenters. The molecule has 3 aromatic rings. The molecule has 0 saturated carbocycles. The molecule has 0 aliphatic carbocycles. The van der Waals surface area contributed by atoms with Crippen LogP contribution in [0.3, 0.4) is 0 Å². The Hall–Kier alpha value is -3.00. The zero-order chi connectivity index (χ0) is 16.8. The third-order valence-electron chi connectivity index (χ3n) is 3.99. The molecule has 24 heavy (non-hydrogen) atoms. The van der Waals surface area contributed by atoms with Crippen LogP contribution in [0, 0.1) is 0 Å². The molecule has 0 N–H and O–H groups in total. The Morgan fingerprint density at radius 1 is 0.583 bits per heavy atom. The molecule has 3 rings (SSSR count). The van der Waals surface area contributed by atoms with E-state index in [1.54, 1.807) is 0 Å². The van der Waals surface area contributed by atoms with Gasteiger partial charge >= 0.3 is 0 Å². The standard InChI is InChI=1S/C22H18O2/c23-21(18-7-3-1-4-8-18)16-13-17-11-14-20(15-12-17)22(24)19-9-5-2-6-10-19/h1-12,14-15H,13,16H2. The predicted octanol–water partition coefficient (Wildman–Crippen LogP) is 4.73. The lowest BCUT2D eigenvalue weighted by Gasteiger charge is -2.04. The Bertz CT molecular complexity index is 819. The van der Waals surface area contributed by atoms with E-state index in [0.717, 1.165) is 11.1 Å². The summed E-state index contributed by atoms with van der Waals surface area (Å²) < 4.78 is 0. The zero-order valence-electron chi connectivity index (χ0n) is 13.3. The summed E-state index contributed by atoms with van der Waals surface area (Å²) in [5.41, 5.74) is 3.15. The number of carbonyl (C=O) groups excluding carboxylic acids is 2. The largest absolute Gasteiger partial charge is 0.294 e. The minimum absolute atomic E-state index is 0.0162. The third kappa shape index (κ3) is 3.85. The van der Waals surface area contributed by atoms with Gasteiger partial charge in [0.05, 0.1) is 0 Å². The van der Waals surface area contributed by atoms with E-state index in [1.165, 1.54) is 0 Å². The number of hydrogen-bond acceptors (Lipinski definition) is 2. The topological polar surface area (TPSA) is 34.1 Å². The Kier molecular flexibility index (Phi) is 4.97. The van der Waals surface area contributed by atoms with Crippen molar-refractivity contribution >= 4 is 11.6 Å². The van der Waals surface area contributed by atoms with E-state index in [0.29, 0.717) is 24.0 Å². The first-order valence-electron chi connectivity index (χ1n) is 8.01. The van der Waals surface area contributed by atoms with Crippen LogP contribution < -0.4 is 0 Å². The van der Waals surface area contributed by atoms with E-state index in [2.05, 4.69) is 0 Å². The van der Waals surface area contributed by atoms with Crippen molar-refractivity contribution in [3.05, 3.63) is 107 Å². The highest BCUT2D eigenvalue weighted by Crippen LogP contribution is 2.13. The molecule has 2 heteroatoms. The molecule has 0 spiro atoms. The Balaban J connectivity index is 1.63. The van der Waals surface area contributed by atoms with Crippen molar-refractivity contribution in [2.45, 2.75) is 12.8 Å². The van der Waals surface area contributed by atoms with Crippen molar-refractivity contribution in [1.29, 1.82) is 0 Å². The van der Waals surface area contributed by atoms with Gasteiger partial charge in [-0.25, -0.2) is 0 Å². The van der Waals surface area contributed by atoms with E-state index >= 15 is 0 Å². The lowest BCUT2D eigenvalue weighted by Crippen LogP contribution is -2.03. The summed E-state index contributed by atoms with van der Waals surface area (Å²) in [4.78, 5) is 24.5. The molecule has 118 valence electrons. The molecule has 0 amide bonds. The van der Waals surface area contributed by atoms with Crippen molar-refractivity contribution in [2.24, 2.45) is 0 Å². The minimum atomic E-state index is 0.0162. The summed E-state index contributed by atoms with van der Waals surface area (Å²) in [6.07, 6.45) is 1.14. The second kappa shape index (κ2) is 7.51.